The first-order valence-corrected chi connectivity index (χ1v) is 5.93. The van der Waals surface area contributed by atoms with Crippen LogP contribution in [-0.2, 0) is 14.3 Å². The molecule has 0 aromatic carbocycles. The summed E-state index contributed by atoms with van der Waals surface area (Å²) in [6.07, 6.45) is 3.15. The average molecular weight is 245 g/mol. The molecule has 0 saturated heterocycles. The minimum atomic E-state index is -0.197. The van der Waals surface area contributed by atoms with E-state index in [1.54, 1.807) is 7.11 Å². The maximum absolute atomic E-state index is 11.3. The lowest BCUT2D eigenvalue weighted by molar-refractivity contribution is -0.126. The molecule has 0 unspecified atom stereocenters. The standard InChI is InChI=1S/C11H23N3O3/c1-17-8-7-13-11(16)9-14-10(15)5-3-2-4-6-12/h2-9,12H2,1H3,(H,13,16)(H,14,15). The van der Waals surface area contributed by atoms with Gasteiger partial charge in [-0.15, -0.1) is 0 Å². The van der Waals surface area contributed by atoms with E-state index in [2.05, 4.69) is 10.6 Å². The van der Waals surface area contributed by atoms with Crippen LogP contribution in [0.1, 0.15) is 25.7 Å². The van der Waals surface area contributed by atoms with Gasteiger partial charge in [-0.05, 0) is 19.4 Å². The first kappa shape index (κ1) is 15.9. The van der Waals surface area contributed by atoms with Crippen molar-refractivity contribution in [3.8, 4) is 0 Å². The van der Waals surface area contributed by atoms with Gasteiger partial charge in [-0.1, -0.05) is 6.42 Å². The summed E-state index contributed by atoms with van der Waals surface area (Å²) in [7, 11) is 1.56. The van der Waals surface area contributed by atoms with E-state index in [0.29, 0.717) is 26.1 Å². The third-order valence-electron chi connectivity index (χ3n) is 2.18. The second-order valence-corrected chi connectivity index (χ2v) is 3.72. The van der Waals surface area contributed by atoms with Crippen LogP contribution in [0, 0.1) is 0 Å². The van der Waals surface area contributed by atoms with Crippen LogP contribution in [0.5, 0.6) is 0 Å². The third-order valence-corrected chi connectivity index (χ3v) is 2.18. The van der Waals surface area contributed by atoms with Crippen LogP contribution in [0.4, 0.5) is 0 Å². The summed E-state index contributed by atoms with van der Waals surface area (Å²) in [5.41, 5.74) is 5.34. The molecular weight excluding hydrogens is 222 g/mol. The molecule has 2 amide bonds. The van der Waals surface area contributed by atoms with Crippen molar-refractivity contribution in [2.75, 3.05) is 33.4 Å². The first-order chi connectivity index (χ1) is 8.20. The first-order valence-electron chi connectivity index (χ1n) is 5.93. The Morgan fingerprint density at radius 3 is 2.53 bits per heavy atom. The number of methoxy groups -OCH3 is 1. The van der Waals surface area contributed by atoms with Crippen molar-refractivity contribution in [2.24, 2.45) is 5.73 Å². The van der Waals surface area contributed by atoms with Crippen LogP contribution < -0.4 is 16.4 Å². The monoisotopic (exact) mass is 245 g/mol. The van der Waals surface area contributed by atoms with Gasteiger partial charge in [0.2, 0.25) is 11.8 Å². The highest BCUT2D eigenvalue weighted by molar-refractivity contribution is 5.84. The molecule has 0 fully saturated rings. The van der Waals surface area contributed by atoms with Gasteiger partial charge in [0.25, 0.3) is 0 Å². The molecule has 17 heavy (non-hydrogen) atoms. The lowest BCUT2D eigenvalue weighted by atomic mass is 10.2. The molecule has 0 bridgehead atoms. The van der Waals surface area contributed by atoms with Crippen molar-refractivity contribution < 1.29 is 14.3 Å². The highest BCUT2D eigenvalue weighted by Crippen LogP contribution is 1.97. The molecule has 0 atom stereocenters. The SMILES string of the molecule is COCCNC(=O)CNC(=O)CCCCCN. The molecule has 100 valence electrons. The van der Waals surface area contributed by atoms with Crippen LogP contribution in [-0.4, -0.2) is 45.2 Å². The average Bonchev–Trinajstić information content (AvgIpc) is 2.32. The Kier molecular flexibility index (Phi) is 10.6. The zero-order valence-electron chi connectivity index (χ0n) is 10.5. The number of hydrogen-bond donors (Lipinski definition) is 3. The van der Waals surface area contributed by atoms with E-state index in [1.807, 2.05) is 0 Å². The van der Waals surface area contributed by atoms with Gasteiger partial charge in [-0.3, -0.25) is 9.59 Å². The van der Waals surface area contributed by atoms with E-state index in [-0.39, 0.29) is 18.4 Å². The van der Waals surface area contributed by atoms with E-state index in [1.165, 1.54) is 0 Å². The number of nitrogens with two attached hydrogens (primary N) is 1. The minimum absolute atomic E-state index is 0.0272. The summed E-state index contributed by atoms with van der Waals surface area (Å²) < 4.78 is 4.78. The Balaban J connectivity index is 3.39. The lowest BCUT2D eigenvalue weighted by Gasteiger charge is -2.06. The number of hydrogen-bond acceptors (Lipinski definition) is 4. The summed E-state index contributed by atoms with van der Waals surface area (Å²) >= 11 is 0. The van der Waals surface area contributed by atoms with E-state index in [0.717, 1.165) is 19.3 Å². The lowest BCUT2D eigenvalue weighted by Crippen LogP contribution is -2.38. The Morgan fingerprint density at radius 1 is 1.12 bits per heavy atom. The molecule has 4 N–H and O–H groups in total. The second kappa shape index (κ2) is 11.3. The number of amides is 2. The van der Waals surface area contributed by atoms with Gasteiger partial charge < -0.3 is 21.1 Å². The Hall–Kier alpha value is -1.14. The van der Waals surface area contributed by atoms with Gasteiger partial charge in [0.15, 0.2) is 0 Å². The summed E-state index contributed by atoms with van der Waals surface area (Å²) in [6, 6.07) is 0. The number of ether oxygens (including phenoxy) is 1. The highest BCUT2D eigenvalue weighted by Gasteiger charge is 2.04. The van der Waals surface area contributed by atoms with Gasteiger partial charge in [0.05, 0.1) is 13.2 Å². The highest BCUT2D eigenvalue weighted by atomic mass is 16.5. The number of rotatable bonds is 10. The molecule has 0 aliphatic carbocycles. The quantitative estimate of drug-likeness (QED) is 0.447. The maximum atomic E-state index is 11.3. The van der Waals surface area contributed by atoms with Crippen LogP contribution in [0.3, 0.4) is 0 Å². The van der Waals surface area contributed by atoms with Gasteiger partial charge in [0.1, 0.15) is 0 Å². The summed E-state index contributed by atoms with van der Waals surface area (Å²) in [5.74, 6) is -0.290. The van der Waals surface area contributed by atoms with E-state index in [9.17, 15) is 9.59 Å². The van der Waals surface area contributed by atoms with Crippen LogP contribution in [0.2, 0.25) is 0 Å². The normalized spacial score (nSPS) is 10.0. The molecule has 0 saturated carbocycles. The molecule has 0 radical (unpaired) electrons. The van der Waals surface area contributed by atoms with Crippen molar-refractivity contribution in [3.05, 3.63) is 0 Å². The fourth-order valence-corrected chi connectivity index (χ4v) is 1.23. The largest absolute Gasteiger partial charge is 0.383 e. The number of nitrogens with one attached hydrogen (secondary N) is 2. The second-order valence-electron chi connectivity index (χ2n) is 3.72. The molecule has 0 aromatic rings. The van der Waals surface area contributed by atoms with Gasteiger partial charge in [0, 0.05) is 20.1 Å². The number of unbranched alkanes of at least 4 members (excludes halogenated alkanes) is 2. The van der Waals surface area contributed by atoms with Crippen LogP contribution in [0.25, 0.3) is 0 Å². The number of carbonyl (C=O) groups excluding carboxylic acids is 2. The molecule has 0 rings (SSSR count). The predicted octanol–water partition coefficient (Wildman–Crippen LogP) is -0.616. The van der Waals surface area contributed by atoms with Crippen molar-refractivity contribution in [3.63, 3.8) is 0 Å². The van der Waals surface area contributed by atoms with E-state index < -0.39 is 0 Å². The van der Waals surface area contributed by atoms with E-state index in [4.69, 9.17) is 10.5 Å². The van der Waals surface area contributed by atoms with Crippen LogP contribution >= 0.6 is 0 Å². The Labute approximate surface area is 102 Å². The molecule has 6 nitrogen and oxygen atoms in total. The maximum Gasteiger partial charge on any atom is 0.239 e. The van der Waals surface area contributed by atoms with Gasteiger partial charge in [-0.2, -0.15) is 0 Å². The summed E-state index contributed by atoms with van der Waals surface area (Å²) in [6.45, 7) is 1.61. The summed E-state index contributed by atoms with van der Waals surface area (Å²) in [4.78, 5) is 22.5. The molecule has 0 heterocycles. The summed E-state index contributed by atoms with van der Waals surface area (Å²) in [5, 5.41) is 5.18. The zero-order chi connectivity index (χ0) is 12.9. The van der Waals surface area contributed by atoms with Crippen molar-refractivity contribution in [1.29, 1.82) is 0 Å². The van der Waals surface area contributed by atoms with E-state index >= 15 is 0 Å². The molecule has 6 heteroatoms. The molecule has 0 spiro atoms. The number of carbonyl (C=O) groups is 2. The molecule has 0 aliphatic rings. The predicted molar refractivity (Wildman–Crippen MR) is 65.4 cm³/mol. The van der Waals surface area contributed by atoms with Gasteiger partial charge in [-0.25, -0.2) is 0 Å². The topological polar surface area (TPSA) is 93.5 Å². The Bertz CT molecular complexity index is 222. The molecular formula is C11H23N3O3. The fraction of sp³-hybridized carbons (Fsp3) is 0.818. The van der Waals surface area contributed by atoms with Crippen molar-refractivity contribution in [1.82, 2.24) is 10.6 Å². The van der Waals surface area contributed by atoms with Gasteiger partial charge >= 0.3 is 0 Å². The molecule has 0 aliphatic heterocycles. The third kappa shape index (κ3) is 11.1. The van der Waals surface area contributed by atoms with Crippen LogP contribution in [0.15, 0.2) is 0 Å². The zero-order valence-corrected chi connectivity index (χ0v) is 10.5. The minimum Gasteiger partial charge on any atom is -0.383 e. The smallest absolute Gasteiger partial charge is 0.239 e. The fourth-order valence-electron chi connectivity index (χ4n) is 1.23. The Morgan fingerprint density at radius 2 is 1.88 bits per heavy atom. The molecule has 0 aromatic heterocycles. The van der Waals surface area contributed by atoms with Crippen molar-refractivity contribution in [2.45, 2.75) is 25.7 Å². The van der Waals surface area contributed by atoms with Crippen molar-refractivity contribution >= 4 is 11.8 Å².